The van der Waals surface area contributed by atoms with Crippen molar-refractivity contribution >= 4 is 11.0 Å². The molecule has 0 aliphatic rings. The predicted molar refractivity (Wildman–Crippen MR) is 48.0 cm³/mol. The summed E-state index contributed by atoms with van der Waals surface area (Å²) in [6.45, 7) is 4.16. The molecule has 2 heterocycles. The molecule has 0 unspecified atom stereocenters. The van der Waals surface area contributed by atoms with Crippen LogP contribution in [0.4, 0.5) is 0 Å². The highest BCUT2D eigenvalue weighted by Gasteiger charge is 2.01. The third-order valence-electron chi connectivity index (χ3n) is 2.10. The molecule has 2 aromatic heterocycles. The average Bonchev–Trinajstić information content (AvgIpc) is 2.49. The Morgan fingerprint density at radius 2 is 2.33 bits per heavy atom. The number of nitrogens with zero attached hydrogens (tertiary/aromatic N) is 2. The Morgan fingerprint density at radius 3 is 3.08 bits per heavy atom. The van der Waals surface area contributed by atoms with Crippen molar-refractivity contribution in [2.24, 2.45) is 0 Å². The van der Waals surface area contributed by atoms with E-state index in [0.717, 1.165) is 23.1 Å². The zero-order valence-electron chi connectivity index (χ0n) is 7.26. The van der Waals surface area contributed by atoms with Crippen LogP contribution in [0.25, 0.3) is 11.0 Å². The number of nitrogens with one attached hydrogen (secondary N) is 1. The van der Waals surface area contributed by atoms with E-state index in [9.17, 15) is 0 Å². The lowest BCUT2D eigenvalue weighted by Crippen LogP contribution is -1.90. The summed E-state index contributed by atoms with van der Waals surface area (Å²) in [7, 11) is 0. The van der Waals surface area contributed by atoms with Crippen molar-refractivity contribution in [1.82, 2.24) is 15.2 Å². The van der Waals surface area contributed by atoms with E-state index in [-0.39, 0.29) is 0 Å². The van der Waals surface area contributed by atoms with Gasteiger partial charge in [-0.25, -0.2) is 4.98 Å². The predicted octanol–water partition coefficient (Wildman–Crippen LogP) is 1.83. The number of pyridine rings is 1. The standard InChI is InChI=1S/C9H11N3/c1-3-7-4-8-5-10-12-9(8)11-6(7)2/h4-5H,3H2,1-2H3,(H,10,11,12). The van der Waals surface area contributed by atoms with Crippen LogP contribution in [-0.4, -0.2) is 15.2 Å². The molecule has 12 heavy (non-hydrogen) atoms. The molecule has 0 bridgehead atoms. The maximum Gasteiger partial charge on any atom is 0.155 e. The Kier molecular flexibility index (Phi) is 1.57. The molecule has 0 fully saturated rings. The first-order chi connectivity index (χ1) is 5.81. The van der Waals surface area contributed by atoms with Crippen LogP contribution in [-0.2, 0) is 6.42 Å². The monoisotopic (exact) mass is 161 g/mol. The van der Waals surface area contributed by atoms with Gasteiger partial charge in [0.1, 0.15) is 0 Å². The van der Waals surface area contributed by atoms with Gasteiger partial charge in [-0.15, -0.1) is 0 Å². The minimum atomic E-state index is 0.879. The maximum atomic E-state index is 4.39. The van der Waals surface area contributed by atoms with Crippen LogP contribution in [0, 0.1) is 6.92 Å². The summed E-state index contributed by atoms with van der Waals surface area (Å²) in [5.41, 5.74) is 3.27. The average molecular weight is 161 g/mol. The normalized spacial score (nSPS) is 10.8. The van der Waals surface area contributed by atoms with Crippen molar-refractivity contribution < 1.29 is 0 Å². The molecule has 0 spiro atoms. The third-order valence-corrected chi connectivity index (χ3v) is 2.10. The molecule has 2 aromatic rings. The number of fused-ring (bicyclic) bond motifs is 1. The van der Waals surface area contributed by atoms with Crippen LogP contribution in [0.5, 0.6) is 0 Å². The van der Waals surface area contributed by atoms with Crippen LogP contribution >= 0.6 is 0 Å². The lowest BCUT2D eigenvalue weighted by atomic mass is 10.1. The lowest BCUT2D eigenvalue weighted by Gasteiger charge is -2.00. The molecule has 0 radical (unpaired) electrons. The van der Waals surface area contributed by atoms with Gasteiger partial charge in [0.05, 0.1) is 6.20 Å². The SMILES string of the molecule is CCc1cc2cn[nH]c2nc1C. The van der Waals surface area contributed by atoms with E-state index in [1.54, 1.807) is 6.20 Å². The second kappa shape index (κ2) is 2.59. The molecule has 0 aliphatic heterocycles. The number of aryl methyl sites for hydroxylation is 2. The summed E-state index contributed by atoms with van der Waals surface area (Å²) < 4.78 is 0. The van der Waals surface area contributed by atoms with Crippen LogP contribution < -0.4 is 0 Å². The quantitative estimate of drug-likeness (QED) is 0.693. The summed E-state index contributed by atoms with van der Waals surface area (Å²) in [5, 5.41) is 7.88. The zero-order valence-corrected chi connectivity index (χ0v) is 7.26. The van der Waals surface area contributed by atoms with Crippen molar-refractivity contribution in [3.05, 3.63) is 23.5 Å². The van der Waals surface area contributed by atoms with Gasteiger partial charge in [0.25, 0.3) is 0 Å². The molecule has 2 rings (SSSR count). The van der Waals surface area contributed by atoms with Gasteiger partial charge in [0.15, 0.2) is 5.65 Å². The minimum absolute atomic E-state index is 0.879. The molecule has 0 aromatic carbocycles. The smallest absolute Gasteiger partial charge is 0.155 e. The first-order valence-electron chi connectivity index (χ1n) is 4.11. The maximum absolute atomic E-state index is 4.39. The molecule has 0 aliphatic carbocycles. The topological polar surface area (TPSA) is 41.6 Å². The van der Waals surface area contributed by atoms with E-state index in [0.29, 0.717) is 0 Å². The highest BCUT2D eigenvalue weighted by atomic mass is 15.1. The Hall–Kier alpha value is -1.38. The first-order valence-corrected chi connectivity index (χ1v) is 4.11. The van der Waals surface area contributed by atoms with E-state index in [4.69, 9.17) is 0 Å². The van der Waals surface area contributed by atoms with E-state index in [2.05, 4.69) is 28.2 Å². The molecular weight excluding hydrogens is 150 g/mol. The van der Waals surface area contributed by atoms with Crippen molar-refractivity contribution in [3.8, 4) is 0 Å². The van der Waals surface area contributed by atoms with E-state index < -0.39 is 0 Å². The Balaban J connectivity index is 2.73. The number of rotatable bonds is 1. The van der Waals surface area contributed by atoms with Crippen LogP contribution in [0.15, 0.2) is 12.3 Å². The summed E-state index contributed by atoms with van der Waals surface area (Å²) in [4.78, 5) is 4.39. The number of aromatic nitrogens is 3. The minimum Gasteiger partial charge on any atom is -0.261 e. The van der Waals surface area contributed by atoms with Gasteiger partial charge in [0.2, 0.25) is 0 Å². The summed E-state index contributed by atoms with van der Waals surface area (Å²) in [6, 6.07) is 2.14. The highest BCUT2D eigenvalue weighted by molar-refractivity contribution is 5.74. The molecule has 1 N–H and O–H groups in total. The summed E-state index contributed by atoms with van der Waals surface area (Å²) in [5.74, 6) is 0. The van der Waals surface area contributed by atoms with E-state index >= 15 is 0 Å². The third kappa shape index (κ3) is 0.978. The van der Waals surface area contributed by atoms with Crippen LogP contribution in [0.1, 0.15) is 18.2 Å². The van der Waals surface area contributed by atoms with Crippen LogP contribution in [0.2, 0.25) is 0 Å². The second-order valence-electron chi connectivity index (χ2n) is 2.89. The van der Waals surface area contributed by atoms with Crippen molar-refractivity contribution in [1.29, 1.82) is 0 Å². The number of hydrogen-bond donors (Lipinski definition) is 1. The second-order valence-corrected chi connectivity index (χ2v) is 2.89. The van der Waals surface area contributed by atoms with Gasteiger partial charge in [0, 0.05) is 11.1 Å². The Labute approximate surface area is 70.8 Å². The van der Waals surface area contributed by atoms with Gasteiger partial charge in [-0.2, -0.15) is 5.10 Å². The highest BCUT2D eigenvalue weighted by Crippen LogP contribution is 2.13. The fourth-order valence-electron chi connectivity index (χ4n) is 1.37. The van der Waals surface area contributed by atoms with Crippen LogP contribution in [0.3, 0.4) is 0 Å². The number of H-pyrrole nitrogens is 1. The zero-order chi connectivity index (χ0) is 8.55. The van der Waals surface area contributed by atoms with Crippen molar-refractivity contribution in [2.45, 2.75) is 20.3 Å². The molecule has 0 amide bonds. The molecule has 62 valence electrons. The molecule has 0 saturated carbocycles. The fourth-order valence-corrected chi connectivity index (χ4v) is 1.37. The molecule has 3 nitrogen and oxygen atoms in total. The Bertz CT molecular complexity index is 403. The summed E-state index contributed by atoms with van der Waals surface area (Å²) in [6.07, 6.45) is 2.83. The molecule has 3 heteroatoms. The van der Waals surface area contributed by atoms with E-state index in [1.165, 1.54) is 5.56 Å². The number of hydrogen-bond acceptors (Lipinski definition) is 2. The van der Waals surface area contributed by atoms with E-state index in [1.807, 2.05) is 6.92 Å². The Morgan fingerprint density at radius 1 is 1.50 bits per heavy atom. The van der Waals surface area contributed by atoms with Gasteiger partial charge in [-0.1, -0.05) is 6.92 Å². The molecule has 0 atom stereocenters. The van der Waals surface area contributed by atoms with Crippen molar-refractivity contribution in [3.63, 3.8) is 0 Å². The van der Waals surface area contributed by atoms with Gasteiger partial charge >= 0.3 is 0 Å². The largest absolute Gasteiger partial charge is 0.261 e. The van der Waals surface area contributed by atoms with Gasteiger partial charge in [-0.05, 0) is 25.0 Å². The fraction of sp³-hybridized carbons (Fsp3) is 0.333. The summed E-state index contributed by atoms with van der Waals surface area (Å²) >= 11 is 0. The van der Waals surface area contributed by atoms with Gasteiger partial charge in [-0.3, -0.25) is 5.10 Å². The molecular formula is C9H11N3. The van der Waals surface area contributed by atoms with Crippen molar-refractivity contribution in [2.75, 3.05) is 0 Å². The lowest BCUT2D eigenvalue weighted by molar-refractivity contribution is 1.05. The molecule has 0 saturated heterocycles. The first kappa shape index (κ1) is 7.28. The van der Waals surface area contributed by atoms with Gasteiger partial charge < -0.3 is 0 Å². The number of aromatic amines is 1.